The summed E-state index contributed by atoms with van der Waals surface area (Å²) >= 11 is 0. The third kappa shape index (κ3) is 5.06. The fraction of sp³-hybridized carbons (Fsp3) is 0.136. The summed E-state index contributed by atoms with van der Waals surface area (Å²) in [5.74, 6) is -0.362. The lowest BCUT2D eigenvalue weighted by atomic mass is 10.2. The lowest BCUT2D eigenvalue weighted by Gasteiger charge is -2.10. The smallest absolute Gasteiger partial charge is 0.255 e. The number of rotatable bonds is 6. The van der Waals surface area contributed by atoms with Crippen molar-refractivity contribution < 1.29 is 13.2 Å². The molecule has 6 heteroatoms. The van der Waals surface area contributed by atoms with Gasteiger partial charge in [0.25, 0.3) is 5.91 Å². The highest BCUT2D eigenvalue weighted by Gasteiger charge is 2.16. The molecule has 0 aliphatic rings. The molecule has 2 N–H and O–H groups in total. The summed E-state index contributed by atoms with van der Waals surface area (Å²) in [6, 6.07) is 21.0. The molecule has 3 aromatic rings. The Labute approximate surface area is 165 Å². The molecule has 0 spiro atoms. The minimum Gasteiger partial charge on any atom is -0.322 e. The van der Waals surface area contributed by atoms with E-state index >= 15 is 0 Å². The van der Waals surface area contributed by atoms with Crippen LogP contribution in [0.5, 0.6) is 0 Å². The number of nitrogens with one attached hydrogen (secondary N) is 2. The van der Waals surface area contributed by atoms with Crippen LogP contribution in [0.4, 0.5) is 5.69 Å². The molecule has 3 rings (SSSR count). The van der Waals surface area contributed by atoms with Crippen LogP contribution in [0.3, 0.4) is 0 Å². The summed E-state index contributed by atoms with van der Waals surface area (Å²) in [6.07, 6.45) is 0. The van der Waals surface area contributed by atoms with E-state index in [0.717, 1.165) is 16.7 Å². The molecule has 0 aliphatic carbocycles. The average Bonchev–Trinajstić information content (AvgIpc) is 2.69. The number of carbonyl (C=O) groups excluding carboxylic acids is 1. The Hall–Kier alpha value is -2.96. The topological polar surface area (TPSA) is 75.3 Å². The maximum absolute atomic E-state index is 12.6. The molecule has 0 unspecified atom stereocenters. The van der Waals surface area contributed by atoms with Crippen molar-refractivity contribution in [3.05, 3.63) is 95.1 Å². The second-order valence-corrected chi connectivity index (χ2v) is 8.43. The third-order valence-electron chi connectivity index (χ3n) is 4.30. The van der Waals surface area contributed by atoms with Crippen molar-refractivity contribution in [2.75, 3.05) is 5.32 Å². The first-order valence-corrected chi connectivity index (χ1v) is 10.4. The van der Waals surface area contributed by atoms with Gasteiger partial charge in [0.05, 0.1) is 4.90 Å². The van der Waals surface area contributed by atoms with Gasteiger partial charge in [-0.25, -0.2) is 13.1 Å². The van der Waals surface area contributed by atoms with E-state index in [0.29, 0.717) is 5.69 Å². The molecule has 3 aromatic carbocycles. The Morgan fingerprint density at radius 3 is 2.11 bits per heavy atom. The van der Waals surface area contributed by atoms with Gasteiger partial charge in [-0.3, -0.25) is 4.79 Å². The van der Waals surface area contributed by atoms with Crippen LogP contribution in [0.1, 0.15) is 27.0 Å². The Morgan fingerprint density at radius 2 is 1.46 bits per heavy atom. The first-order valence-electron chi connectivity index (χ1n) is 8.87. The number of hydrogen-bond donors (Lipinski definition) is 2. The summed E-state index contributed by atoms with van der Waals surface area (Å²) in [4.78, 5) is 12.5. The van der Waals surface area contributed by atoms with Crippen LogP contribution in [0, 0.1) is 13.8 Å². The van der Waals surface area contributed by atoms with Gasteiger partial charge in [0.1, 0.15) is 0 Å². The molecular formula is C22H22N2O3S. The second kappa shape index (κ2) is 8.37. The molecule has 0 atom stereocenters. The van der Waals surface area contributed by atoms with Crippen molar-refractivity contribution in [1.29, 1.82) is 0 Å². The zero-order chi connectivity index (χ0) is 20.1. The summed E-state index contributed by atoms with van der Waals surface area (Å²) in [5.41, 5.74) is 3.99. The number of sulfonamides is 1. The van der Waals surface area contributed by atoms with Gasteiger partial charge >= 0.3 is 0 Å². The lowest BCUT2D eigenvalue weighted by Crippen LogP contribution is -2.23. The molecule has 1 amide bonds. The van der Waals surface area contributed by atoms with Gasteiger partial charge in [-0.15, -0.1) is 0 Å². The van der Waals surface area contributed by atoms with Crippen LogP contribution in [-0.4, -0.2) is 14.3 Å². The number of aryl methyl sites for hydroxylation is 2. The van der Waals surface area contributed by atoms with Crippen molar-refractivity contribution in [3.63, 3.8) is 0 Å². The predicted molar refractivity (Wildman–Crippen MR) is 111 cm³/mol. The van der Waals surface area contributed by atoms with Crippen molar-refractivity contribution in [2.45, 2.75) is 25.3 Å². The monoisotopic (exact) mass is 394 g/mol. The van der Waals surface area contributed by atoms with Crippen LogP contribution in [0.25, 0.3) is 0 Å². The van der Waals surface area contributed by atoms with E-state index < -0.39 is 10.0 Å². The van der Waals surface area contributed by atoms with E-state index in [4.69, 9.17) is 0 Å². The van der Waals surface area contributed by atoms with Crippen LogP contribution < -0.4 is 10.0 Å². The molecule has 0 saturated heterocycles. The van der Waals surface area contributed by atoms with Crippen molar-refractivity contribution in [2.24, 2.45) is 0 Å². The normalized spacial score (nSPS) is 11.2. The number of hydrogen-bond acceptors (Lipinski definition) is 3. The fourth-order valence-electron chi connectivity index (χ4n) is 2.61. The number of anilines is 1. The van der Waals surface area contributed by atoms with E-state index in [9.17, 15) is 13.2 Å². The van der Waals surface area contributed by atoms with Gasteiger partial charge in [0, 0.05) is 17.8 Å². The molecule has 0 aromatic heterocycles. The zero-order valence-electron chi connectivity index (χ0n) is 15.8. The molecule has 0 bridgehead atoms. The van der Waals surface area contributed by atoms with Crippen LogP contribution >= 0.6 is 0 Å². The van der Waals surface area contributed by atoms with Crippen LogP contribution in [0.2, 0.25) is 0 Å². The fourth-order valence-corrected chi connectivity index (χ4v) is 3.68. The van der Waals surface area contributed by atoms with Crippen molar-refractivity contribution in [3.8, 4) is 0 Å². The Morgan fingerprint density at radius 1 is 0.857 bits per heavy atom. The predicted octanol–water partition coefficient (Wildman–Crippen LogP) is 4.03. The average molecular weight is 394 g/mol. The summed E-state index contributed by atoms with van der Waals surface area (Å²) in [7, 11) is -3.73. The van der Waals surface area contributed by atoms with Crippen LogP contribution in [0.15, 0.2) is 77.7 Å². The number of amides is 1. The van der Waals surface area contributed by atoms with Crippen molar-refractivity contribution in [1.82, 2.24) is 4.72 Å². The molecule has 0 heterocycles. The number of carbonyl (C=O) groups is 1. The van der Waals surface area contributed by atoms with E-state index in [1.807, 2.05) is 50.2 Å². The molecular weight excluding hydrogens is 372 g/mol. The first-order chi connectivity index (χ1) is 13.3. The first kappa shape index (κ1) is 19.8. The van der Waals surface area contributed by atoms with Gasteiger partial charge < -0.3 is 5.32 Å². The highest BCUT2D eigenvalue weighted by molar-refractivity contribution is 7.89. The van der Waals surface area contributed by atoms with Gasteiger partial charge in [-0.05, 0) is 49.7 Å². The minimum atomic E-state index is -3.73. The SMILES string of the molecule is Cc1ccc(CNS(=O)(=O)c2cccc(C(=O)Nc3ccc(C)cc3)c2)cc1. The molecule has 144 valence electrons. The largest absolute Gasteiger partial charge is 0.322 e. The molecule has 28 heavy (non-hydrogen) atoms. The summed E-state index contributed by atoms with van der Waals surface area (Å²) < 4.78 is 27.8. The van der Waals surface area contributed by atoms with E-state index in [2.05, 4.69) is 10.0 Å². The minimum absolute atomic E-state index is 0.0520. The molecule has 0 aliphatic heterocycles. The van der Waals surface area contributed by atoms with Crippen molar-refractivity contribution >= 4 is 21.6 Å². The van der Waals surface area contributed by atoms with Crippen LogP contribution in [-0.2, 0) is 16.6 Å². The highest BCUT2D eigenvalue weighted by atomic mass is 32.2. The zero-order valence-corrected chi connectivity index (χ0v) is 16.6. The maximum atomic E-state index is 12.6. The maximum Gasteiger partial charge on any atom is 0.255 e. The summed E-state index contributed by atoms with van der Waals surface area (Å²) in [5, 5.41) is 2.77. The lowest BCUT2D eigenvalue weighted by molar-refractivity contribution is 0.102. The Kier molecular flexibility index (Phi) is 5.92. The summed E-state index contributed by atoms with van der Waals surface area (Å²) in [6.45, 7) is 4.12. The molecule has 5 nitrogen and oxygen atoms in total. The molecule has 0 radical (unpaired) electrons. The second-order valence-electron chi connectivity index (χ2n) is 6.66. The van der Waals surface area contributed by atoms with Gasteiger partial charge in [0.2, 0.25) is 10.0 Å². The third-order valence-corrected chi connectivity index (χ3v) is 5.70. The Bertz CT molecular complexity index is 1070. The molecule has 0 saturated carbocycles. The van der Waals surface area contributed by atoms with E-state index in [-0.39, 0.29) is 22.9 Å². The number of benzene rings is 3. The Balaban J connectivity index is 1.72. The molecule has 0 fully saturated rings. The standard InChI is InChI=1S/C22H22N2O3S/c1-16-6-10-18(11-7-16)15-23-28(26,27)21-5-3-4-19(14-21)22(25)24-20-12-8-17(2)9-13-20/h3-14,23H,15H2,1-2H3,(H,24,25). The van der Waals surface area contributed by atoms with Gasteiger partial charge in [-0.1, -0.05) is 53.6 Å². The van der Waals surface area contributed by atoms with E-state index in [1.54, 1.807) is 24.3 Å². The highest BCUT2D eigenvalue weighted by Crippen LogP contribution is 2.15. The van der Waals surface area contributed by atoms with Gasteiger partial charge in [-0.2, -0.15) is 0 Å². The quantitative estimate of drug-likeness (QED) is 0.663. The van der Waals surface area contributed by atoms with E-state index in [1.165, 1.54) is 12.1 Å². The van der Waals surface area contributed by atoms with Gasteiger partial charge in [0.15, 0.2) is 0 Å².